The summed E-state index contributed by atoms with van der Waals surface area (Å²) in [5.74, 6) is 1.09. The molecule has 4 atom stereocenters. The van der Waals surface area contributed by atoms with Crippen molar-refractivity contribution in [3.8, 4) is 11.5 Å². The minimum atomic E-state index is -0.425. The fourth-order valence-corrected chi connectivity index (χ4v) is 6.49. The van der Waals surface area contributed by atoms with E-state index < -0.39 is 6.04 Å². The van der Waals surface area contributed by atoms with E-state index >= 15 is 0 Å². The Morgan fingerprint density at radius 3 is 2.48 bits per heavy atom. The second-order valence-corrected chi connectivity index (χ2v) is 13.4. The van der Waals surface area contributed by atoms with Crippen LogP contribution in [0.4, 0.5) is 5.69 Å². The highest BCUT2D eigenvalue weighted by molar-refractivity contribution is 6.00. The summed E-state index contributed by atoms with van der Waals surface area (Å²) in [4.78, 5) is 31.4. The molecule has 46 heavy (non-hydrogen) atoms. The van der Waals surface area contributed by atoms with Crippen molar-refractivity contribution < 1.29 is 28.9 Å². The molecule has 2 amide bonds. The second kappa shape index (κ2) is 17.7. The van der Waals surface area contributed by atoms with Gasteiger partial charge in [-0.15, -0.1) is 0 Å². The van der Waals surface area contributed by atoms with Gasteiger partial charge in [-0.2, -0.15) is 0 Å². The van der Waals surface area contributed by atoms with E-state index in [1.165, 1.54) is 12.0 Å². The van der Waals surface area contributed by atoms with Gasteiger partial charge in [0.05, 0.1) is 37.5 Å². The number of carbonyl (C=O) groups is 2. The van der Waals surface area contributed by atoms with Crippen LogP contribution in [0, 0.1) is 11.8 Å². The first kappa shape index (κ1) is 35.7. The quantitative estimate of drug-likeness (QED) is 0.341. The molecule has 0 spiro atoms. The standard InChI is InChI=1S/C37H55N3O6/c1-26-22-40(27(2)25-41)37(43)33-21-31(38-36(42)30-12-7-6-8-13-30)16-19-34(33)46-28(3)11-9-10-20-45-35(26)24-39(4)23-29-14-17-32(44-5)18-15-29/h14-19,21,26-28,30,35,41H,6-13,20,22-25H2,1-5H3,(H,38,42)/t26-,27+,28-,35+/m0/s1. The van der Waals surface area contributed by atoms with Gasteiger partial charge in [-0.1, -0.05) is 38.3 Å². The maximum atomic E-state index is 14.4. The molecule has 254 valence electrons. The lowest BCUT2D eigenvalue weighted by molar-refractivity contribution is -0.120. The molecule has 0 radical (unpaired) electrons. The highest BCUT2D eigenvalue weighted by Gasteiger charge is 2.31. The number of likely N-dealkylation sites (N-methyl/N-ethyl adjacent to an activating group) is 1. The smallest absolute Gasteiger partial charge is 0.258 e. The van der Waals surface area contributed by atoms with Crippen LogP contribution in [0.2, 0.25) is 0 Å². The van der Waals surface area contributed by atoms with E-state index in [1.54, 1.807) is 24.1 Å². The Hall–Kier alpha value is -3.14. The van der Waals surface area contributed by atoms with Gasteiger partial charge in [0.2, 0.25) is 5.91 Å². The van der Waals surface area contributed by atoms with Crippen LogP contribution in [0.3, 0.4) is 0 Å². The van der Waals surface area contributed by atoms with Gasteiger partial charge in [-0.05, 0) is 88.9 Å². The average Bonchev–Trinajstić information content (AvgIpc) is 3.06. The van der Waals surface area contributed by atoms with Crippen molar-refractivity contribution in [1.29, 1.82) is 0 Å². The molecule has 2 N–H and O–H groups in total. The molecule has 9 nitrogen and oxygen atoms in total. The van der Waals surface area contributed by atoms with Crippen molar-refractivity contribution in [2.24, 2.45) is 11.8 Å². The number of anilines is 1. The van der Waals surface area contributed by atoms with E-state index in [0.29, 0.717) is 36.7 Å². The van der Waals surface area contributed by atoms with Crippen LogP contribution >= 0.6 is 0 Å². The number of ether oxygens (including phenoxy) is 3. The highest BCUT2D eigenvalue weighted by atomic mass is 16.5. The highest BCUT2D eigenvalue weighted by Crippen LogP contribution is 2.30. The van der Waals surface area contributed by atoms with Gasteiger partial charge in [-0.25, -0.2) is 0 Å². The number of aliphatic hydroxyl groups excluding tert-OH is 1. The molecule has 1 fully saturated rings. The van der Waals surface area contributed by atoms with E-state index in [4.69, 9.17) is 14.2 Å². The Kier molecular flexibility index (Phi) is 13.7. The molecule has 0 saturated heterocycles. The minimum absolute atomic E-state index is 0.000868. The van der Waals surface area contributed by atoms with Crippen molar-refractivity contribution in [3.05, 3.63) is 53.6 Å². The largest absolute Gasteiger partial charge is 0.497 e. The Morgan fingerprint density at radius 2 is 1.78 bits per heavy atom. The average molecular weight is 638 g/mol. The molecule has 1 aliphatic carbocycles. The Morgan fingerprint density at radius 1 is 1.07 bits per heavy atom. The van der Waals surface area contributed by atoms with Crippen LogP contribution in [0.15, 0.2) is 42.5 Å². The lowest BCUT2D eigenvalue weighted by Crippen LogP contribution is -2.47. The number of hydrogen-bond acceptors (Lipinski definition) is 7. The fourth-order valence-electron chi connectivity index (χ4n) is 6.49. The maximum absolute atomic E-state index is 14.4. The fraction of sp³-hybridized carbons (Fsp3) is 0.622. The van der Waals surface area contributed by atoms with Crippen LogP contribution in [0.5, 0.6) is 11.5 Å². The van der Waals surface area contributed by atoms with Crippen LogP contribution in [-0.4, -0.2) is 85.4 Å². The van der Waals surface area contributed by atoms with Crippen molar-refractivity contribution in [1.82, 2.24) is 9.80 Å². The predicted molar refractivity (Wildman–Crippen MR) is 181 cm³/mol. The molecular formula is C37H55N3O6. The number of hydrogen-bond donors (Lipinski definition) is 2. The Balaban J connectivity index is 1.57. The van der Waals surface area contributed by atoms with Crippen LogP contribution in [0.25, 0.3) is 0 Å². The summed E-state index contributed by atoms with van der Waals surface area (Å²) in [6.45, 7) is 8.29. The van der Waals surface area contributed by atoms with Crippen molar-refractivity contribution in [3.63, 3.8) is 0 Å². The number of aliphatic hydroxyl groups is 1. The lowest BCUT2D eigenvalue weighted by atomic mass is 9.88. The lowest BCUT2D eigenvalue weighted by Gasteiger charge is -2.36. The topological polar surface area (TPSA) is 101 Å². The van der Waals surface area contributed by atoms with Gasteiger partial charge in [-0.3, -0.25) is 14.5 Å². The van der Waals surface area contributed by atoms with E-state index in [0.717, 1.165) is 57.2 Å². The summed E-state index contributed by atoms with van der Waals surface area (Å²) >= 11 is 0. The summed E-state index contributed by atoms with van der Waals surface area (Å²) in [6.07, 6.45) is 7.56. The molecule has 9 heteroatoms. The summed E-state index contributed by atoms with van der Waals surface area (Å²) in [5, 5.41) is 13.3. The number of carbonyl (C=O) groups excluding carboxylic acids is 2. The van der Waals surface area contributed by atoms with Crippen molar-refractivity contribution in [2.75, 3.05) is 45.8 Å². The van der Waals surface area contributed by atoms with Gasteiger partial charge in [0.25, 0.3) is 5.91 Å². The Labute approximate surface area is 275 Å². The number of fused-ring (bicyclic) bond motifs is 1. The third-order valence-electron chi connectivity index (χ3n) is 9.40. The molecule has 0 bridgehead atoms. The second-order valence-electron chi connectivity index (χ2n) is 13.4. The molecule has 1 saturated carbocycles. The number of nitrogens with one attached hydrogen (secondary N) is 1. The third-order valence-corrected chi connectivity index (χ3v) is 9.40. The van der Waals surface area contributed by atoms with Gasteiger partial charge in [0, 0.05) is 43.8 Å². The van der Waals surface area contributed by atoms with Gasteiger partial charge in [0.15, 0.2) is 0 Å². The minimum Gasteiger partial charge on any atom is -0.497 e. The summed E-state index contributed by atoms with van der Waals surface area (Å²) in [5.41, 5.74) is 2.16. The van der Waals surface area contributed by atoms with Gasteiger partial charge < -0.3 is 29.5 Å². The molecule has 1 heterocycles. The maximum Gasteiger partial charge on any atom is 0.258 e. The molecule has 0 unspecified atom stereocenters. The number of nitrogens with zero attached hydrogens (tertiary/aromatic N) is 2. The molecule has 4 rings (SSSR count). The molecule has 2 aromatic rings. The zero-order valence-electron chi connectivity index (χ0n) is 28.5. The van der Waals surface area contributed by atoms with Crippen LogP contribution in [0.1, 0.15) is 88.1 Å². The molecule has 2 aromatic carbocycles. The zero-order chi connectivity index (χ0) is 33.1. The summed E-state index contributed by atoms with van der Waals surface area (Å²) < 4.78 is 18.2. The number of rotatable bonds is 9. The van der Waals surface area contributed by atoms with E-state index in [2.05, 4.69) is 36.3 Å². The van der Waals surface area contributed by atoms with E-state index in [9.17, 15) is 14.7 Å². The predicted octanol–water partition coefficient (Wildman–Crippen LogP) is 6.14. The van der Waals surface area contributed by atoms with Gasteiger partial charge >= 0.3 is 0 Å². The first-order valence-electron chi connectivity index (χ1n) is 17.1. The number of benzene rings is 2. The monoisotopic (exact) mass is 637 g/mol. The van der Waals surface area contributed by atoms with Gasteiger partial charge in [0.1, 0.15) is 11.5 Å². The molecular weight excluding hydrogens is 582 g/mol. The van der Waals surface area contributed by atoms with Crippen LogP contribution in [-0.2, 0) is 16.1 Å². The normalized spacial score (nSPS) is 22.8. The number of amides is 2. The SMILES string of the molecule is COc1ccc(CN(C)C[C@H]2OCCCC[C@H](C)Oc3ccc(NC(=O)C4CCCCC4)cc3C(=O)N([C@H](C)CO)C[C@@H]2C)cc1. The molecule has 2 aliphatic rings. The van der Waals surface area contributed by atoms with Crippen molar-refractivity contribution in [2.45, 2.75) is 96.9 Å². The summed E-state index contributed by atoms with van der Waals surface area (Å²) in [7, 11) is 3.75. The van der Waals surface area contributed by atoms with Crippen LogP contribution < -0.4 is 14.8 Å². The molecule has 0 aromatic heterocycles. The zero-order valence-corrected chi connectivity index (χ0v) is 28.5. The number of methoxy groups -OCH3 is 1. The van der Waals surface area contributed by atoms with E-state index in [-0.39, 0.29) is 42.5 Å². The first-order valence-corrected chi connectivity index (χ1v) is 17.1. The molecule has 1 aliphatic heterocycles. The third kappa shape index (κ3) is 10.2. The van der Waals surface area contributed by atoms with Crippen molar-refractivity contribution >= 4 is 17.5 Å². The first-order chi connectivity index (χ1) is 22.2. The Bertz CT molecular complexity index is 1250. The summed E-state index contributed by atoms with van der Waals surface area (Å²) in [6, 6.07) is 13.0. The van der Waals surface area contributed by atoms with E-state index in [1.807, 2.05) is 32.0 Å².